The number of likely N-dealkylation sites (tertiary alicyclic amines) is 1. The molecule has 8 heteroatoms. The van der Waals surface area contributed by atoms with Gasteiger partial charge in [0.1, 0.15) is 11.9 Å². The van der Waals surface area contributed by atoms with Crippen LogP contribution in [0.25, 0.3) is 0 Å². The highest BCUT2D eigenvalue weighted by Gasteiger charge is 2.32. The van der Waals surface area contributed by atoms with Gasteiger partial charge in [-0.05, 0) is 18.2 Å². The molecule has 2 aromatic rings. The lowest BCUT2D eigenvalue weighted by molar-refractivity contribution is -0.137. The molecule has 1 fully saturated rings. The molecular formula is C17H14F4N2O2. The number of carbonyl (C=O) groups is 1. The highest BCUT2D eigenvalue weighted by Crippen LogP contribution is 2.31. The number of benzene rings is 1. The van der Waals surface area contributed by atoms with Crippen molar-refractivity contribution in [1.29, 1.82) is 0 Å². The fourth-order valence-corrected chi connectivity index (χ4v) is 2.63. The number of aromatic nitrogens is 1. The average Bonchev–Trinajstić information content (AvgIpc) is 3.03. The van der Waals surface area contributed by atoms with E-state index in [1.54, 1.807) is 6.07 Å². The van der Waals surface area contributed by atoms with Crippen LogP contribution in [0.5, 0.6) is 5.88 Å². The van der Waals surface area contributed by atoms with Crippen LogP contribution in [0.2, 0.25) is 0 Å². The molecule has 1 aliphatic heterocycles. The quantitative estimate of drug-likeness (QED) is 0.792. The van der Waals surface area contributed by atoms with Crippen LogP contribution in [0, 0.1) is 5.82 Å². The standard InChI is InChI=1S/C17H14F4N2O2/c18-14-4-2-1-3-13(14)16(24)23-8-6-12(10-23)25-15-9-11(5-7-22-15)17(19,20)21/h1-5,7,9,12H,6,8,10H2. The van der Waals surface area contributed by atoms with Crippen LogP contribution in [-0.4, -0.2) is 35.0 Å². The minimum Gasteiger partial charge on any atom is -0.472 e. The maximum atomic E-state index is 13.7. The van der Waals surface area contributed by atoms with Gasteiger partial charge in [0.25, 0.3) is 5.91 Å². The third-order valence-corrected chi connectivity index (χ3v) is 3.89. The molecule has 3 rings (SSSR count). The van der Waals surface area contributed by atoms with Crippen LogP contribution >= 0.6 is 0 Å². The number of rotatable bonds is 3. The predicted molar refractivity (Wildman–Crippen MR) is 80.6 cm³/mol. The summed E-state index contributed by atoms with van der Waals surface area (Å²) in [6.45, 7) is 0.488. The van der Waals surface area contributed by atoms with E-state index in [0.717, 1.165) is 18.3 Å². The summed E-state index contributed by atoms with van der Waals surface area (Å²) in [5, 5.41) is 0. The normalized spacial score (nSPS) is 17.6. The maximum absolute atomic E-state index is 13.7. The summed E-state index contributed by atoms with van der Waals surface area (Å²) in [7, 11) is 0. The average molecular weight is 354 g/mol. The second-order valence-electron chi connectivity index (χ2n) is 5.64. The molecule has 4 nitrogen and oxygen atoms in total. The van der Waals surface area contributed by atoms with Gasteiger partial charge in [0.15, 0.2) is 0 Å². The molecule has 0 saturated carbocycles. The first kappa shape index (κ1) is 17.2. The third-order valence-electron chi connectivity index (χ3n) is 3.89. The van der Waals surface area contributed by atoms with Crippen molar-refractivity contribution >= 4 is 5.91 Å². The van der Waals surface area contributed by atoms with Gasteiger partial charge in [0.2, 0.25) is 5.88 Å². The zero-order valence-corrected chi connectivity index (χ0v) is 13.0. The van der Waals surface area contributed by atoms with Gasteiger partial charge in [-0.3, -0.25) is 4.79 Å². The molecule has 1 saturated heterocycles. The lowest BCUT2D eigenvalue weighted by atomic mass is 10.2. The number of hydrogen-bond donors (Lipinski definition) is 0. The van der Waals surface area contributed by atoms with E-state index >= 15 is 0 Å². The van der Waals surface area contributed by atoms with Crippen molar-refractivity contribution in [2.45, 2.75) is 18.7 Å². The Kier molecular flexibility index (Phi) is 4.61. The molecule has 2 heterocycles. The molecule has 0 aliphatic carbocycles. The summed E-state index contributed by atoms with van der Waals surface area (Å²) in [6.07, 6.45) is -3.52. The van der Waals surface area contributed by atoms with E-state index in [2.05, 4.69) is 4.98 Å². The van der Waals surface area contributed by atoms with Gasteiger partial charge in [0.05, 0.1) is 17.7 Å². The molecule has 1 aliphatic rings. The number of hydrogen-bond acceptors (Lipinski definition) is 3. The first-order chi connectivity index (χ1) is 11.8. The molecule has 1 amide bonds. The van der Waals surface area contributed by atoms with Crippen LogP contribution in [0.15, 0.2) is 42.6 Å². The number of nitrogens with zero attached hydrogens (tertiary/aromatic N) is 2. The second kappa shape index (κ2) is 6.70. The number of alkyl halides is 3. The molecular weight excluding hydrogens is 340 g/mol. The van der Waals surface area contributed by atoms with Gasteiger partial charge in [-0.15, -0.1) is 0 Å². The molecule has 0 radical (unpaired) electrons. The second-order valence-corrected chi connectivity index (χ2v) is 5.64. The van der Waals surface area contributed by atoms with Crippen molar-refractivity contribution in [2.24, 2.45) is 0 Å². The van der Waals surface area contributed by atoms with Crippen molar-refractivity contribution in [2.75, 3.05) is 13.1 Å². The van der Waals surface area contributed by atoms with Gasteiger partial charge in [0, 0.05) is 25.2 Å². The Hall–Kier alpha value is -2.64. The van der Waals surface area contributed by atoms with E-state index < -0.39 is 29.6 Å². The van der Waals surface area contributed by atoms with E-state index in [-0.39, 0.29) is 18.0 Å². The maximum Gasteiger partial charge on any atom is 0.416 e. The van der Waals surface area contributed by atoms with Crippen molar-refractivity contribution in [3.8, 4) is 5.88 Å². The highest BCUT2D eigenvalue weighted by molar-refractivity contribution is 5.94. The van der Waals surface area contributed by atoms with Crippen molar-refractivity contribution in [1.82, 2.24) is 9.88 Å². The Morgan fingerprint density at radius 3 is 2.72 bits per heavy atom. The highest BCUT2D eigenvalue weighted by atomic mass is 19.4. The SMILES string of the molecule is O=C(c1ccccc1F)N1CCC(Oc2cc(C(F)(F)F)ccn2)C1. The molecule has 1 aromatic heterocycles. The summed E-state index contributed by atoms with van der Waals surface area (Å²) in [6, 6.07) is 7.31. The predicted octanol–water partition coefficient (Wildman–Crippen LogP) is 3.53. The lowest BCUT2D eigenvalue weighted by Crippen LogP contribution is -2.31. The van der Waals surface area contributed by atoms with Crippen molar-refractivity contribution < 1.29 is 27.1 Å². The molecule has 0 N–H and O–H groups in total. The van der Waals surface area contributed by atoms with E-state index in [0.29, 0.717) is 13.0 Å². The van der Waals surface area contributed by atoms with Crippen LogP contribution in [-0.2, 0) is 6.18 Å². The number of carbonyl (C=O) groups excluding carboxylic acids is 1. The van der Waals surface area contributed by atoms with Crippen molar-refractivity contribution in [3.63, 3.8) is 0 Å². The van der Waals surface area contributed by atoms with E-state index in [1.807, 2.05) is 0 Å². The number of pyridine rings is 1. The largest absolute Gasteiger partial charge is 0.472 e. The monoisotopic (exact) mass is 354 g/mol. The molecule has 1 atom stereocenters. The van der Waals surface area contributed by atoms with Gasteiger partial charge in [-0.1, -0.05) is 12.1 Å². The van der Waals surface area contributed by atoms with Gasteiger partial charge < -0.3 is 9.64 Å². The smallest absolute Gasteiger partial charge is 0.416 e. The van der Waals surface area contributed by atoms with Gasteiger partial charge in [-0.25, -0.2) is 9.37 Å². The molecule has 0 bridgehead atoms. The Morgan fingerprint density at radius 1 is 1.24 bits per heavy atom. The number of amides is 1. The summed E-state index contributed by atoms with van der Waals surface area (Å²) in [5.41, 5.74) is -0.893. The van der Waals surface area contributed by atoms with E-state index in [9.17, 15) is 22.4 Å². The van der Waals surface area contributed by atoms with Crippen LogP contribution in [0.3, 0.4) is 0 Å². The molecule has 1 unspecified atom stereocenters. The van der Waals surface area contributed by atoms with Gasteiger partial charge >= 0.3 is 6.18 Å². The van der Waals surface area contributed by atoms with E-state index in [4.69, 9.17) is 4.74 Å². The summed E-state index contributed by atoms with van der Waals surface area (Å²) in [4.78, 5) is 17.5. The minimum absolute atomic E-state index is 0.0413. The first-order valence-electron chi connectivity index (χ1n) is 7.58. The fourth-order valence-electron chi connectivity index (χ4n) is 2.63. The molecule has 0 spiro atoms. The van der Waals surface area contributed by atoms with E-state index in [1.165, 1.54) is 23.1 Å². The zero-order chi connectivity index (χ0) is 18.0. The summed E-state index contributed by atoms with van der Waals surface area (Å²) < 4.78 is 57.3. The molecule has 25 heavy (non-hydrogen) atoms. The topological polar surface area (TPSA) is 42.4 Å². The number of halogens is 4. The Morgan fingerprint density at radius 2 is 2.00 bits per heavy atom. The first-order valence-corrected chi connectivity index (χ1v) is 7.58. The summed E-state index contributed by atoms with van der Waals surface area (Å²) in [5.74, 6) is -1.24. The summed E-state index contributed by atoms with van der Waals surface area (Å²) >= 11 is 0. The molecule has 132 valence electrons. The minimum atomic E-state index is -4.48. The Labute approximate surface area is 141 Å². The lowest BCUT2D eigenvalue weighted by Gasteiger charge is -2.17. The Balaban J connectivity index is 1.66. The zero-order valence-electron chi connectivity index (χ0n) is 13.0. The van der Waals surface area contributed by atoms with Crippen LogP contribution in [0.4, 0.5) is 17.6 Å². The van der Waals surface area contributed by atoms with Gasteiger partial charge in [-0.2, -0.15) is 13.2 Å². The fraction of sp³-hybridized carbons (Fsp3) is 0.294. The number of ether oxygens (including phenoxy) is 1. The van der Waals surface area contributed by atoms with Crippen LogP contribution < -0.4 is 4.74 Å². The van der Waals surface area contributed by atoms with Crippen LogP contribution in [0.1, 0.15) is 22.3 Å². The van der Waals surface area contributed by atoms with Crippen molar-refractivity contribution in [3.05, 3.63) is 59.5 Å². The Bertz CT molecular complexity index is 779. The third kappa shape index (κ3) is 3.89. The molecule has 1 aromatic carbocycles.